The minimum absolute atomic E-state index is 0.254. The molecule has 30 heavy (non-hydrogen) atoms. The van der Waals surface area contributed by atoms with Gasteiger partial charge in [0.05, 0.1) is 11.3 Å². The molecule has 0 bridgehead atoms. The Bertz CT molecular complexity index is 1020. The smallest absolute Gasteiger partial charge is 0.337 e. The van der Waals surface area contributed by atoms with E-state index in [4.69, 9.17) is 0 Å². The third-order valence-electron chi connectivity index (χ3n) is 4.21. The molecule has 158 valence electrons. The van der Waals surface area contributed by atoms with E-state index in [-0.39, 0.29) is 6.54 Å². The fraction of sp³-hybridized carbons (Fsp3) is 0.300. The number of urea groups is 1. The van der Waals surface area contributed by atoms with E-state index in [1.165, 1.54) is 16.8 Å². The Morgan fingerprint density at radius 3 is 2.23 bits per heavy atom. The molecular formula is C20H21F3N6O. The monoisotopic (exact) mass is 418 g/mol. The van der Waals surface area contributed by atoms with E-state index in [9.17, 15) is 18.0 Å². The quantitative estimate of drug-likeness (QED) is 0.657. The number of hydrogen-bond donors (Lipinski definition) is 2. The molecule has 0 saturated heterocycles. The van der Waals surface area contributed by atoms with Gasteiger partial charge in [-0.15, -0.1) is 0 Å². The number of carbonyl (C=O) groups is 1. The number of anilines is 1. The minimum atomic E-state index is -4.36. The first kappa shape index (κ1) is 21.3. The van der Waals surface area contributed by atoms with Crippen LogP contribution in [0.15, 0.2) is 36.4 Å². The fourth-order valence-electron chi connectivity index (χ4n) is 2.88. The Labute approximate surface area is 171 Å². The summed E-state index contributed by atoms with van der Waals surface area (Å²) >= 11 is 0. The van der Waals surface area contributed by atoms with Crippen LogP contribution in [0.2, 0.25) is 0 Å². The van der Waals surface area contributed by atoms with E-state index in [0.717, 1.165) is 23.5 Å². The van der Waals surface area contributed by atoms with E-state index in [1.807, 2.05) is 19.9 Å². The van der Waals surface area contributed by atoms with Crippen LogP contribution in [0.3, 0.4) is 0 Å². The van der Waals surface area contributed by atoms with Gasteiger partial charge >= 0.3 is 12.2 Å². The van der Waals surface area contributed by atoms with Gasteiger partial charge in [-0.05, 0) is 51.0 Å². The maximum absolute atomic E-state index is 12.6. The predicted octanol–water partition coefficient (Wildman–Crippen LogP) is 3.97. The average Bonchev–Trinajstić information content (AvgIpc) is 3.01. The third-order valence-corrected chi connectivity index (χ3v) is 4.21. The van der Waals surface area contributed by atoms with Crippen molar-refractivity contribution in [2.75, 3.05) is 11.9 Å². The second-order valence-electron chi connectivity index (χ2n) is 6.86. The lowest BCUT2D eigenvalue weighted by Gasteiger charge is -2.10. The molecule has 2 amide bonds. The number of alkyl halides is 3. The highest BCUT2D eigenvalue weighted by molar-refractivity contribution is 5.88. The van der Waals surface area contributed by atoms with Crippen molar-refractivity contribution in [1.82, 2.24) is 25.1 Å². The van der Waals surface area contributed by atoms with Crippen molar-refractivity contribution < 1.29 is 18.0 Å². The van der Waals surface area contributed by atoms with E-state index in [0.29, 0.717) is 29.4 Å². The van der Waals surface area contributed by atoms with Crippen LogP contribution in [0.4, 0.5) is 23.8 Å². The fourth-order valence-corrected chi connectivity index (χ4v) is 2.88. The number of halogens is 3. The van der Waals surface area contributed by atoms with Crippen molar-refractivity contribution in [1.29, 1.82) is 0 Å². The van der Waals surface area contributed by atoms with E-state index in [2.05, 4.69) is 25.7 Å². The number of aryl methyl sites for hydroxylation is 3. The topological polar surface area (TPSA) is 84.7 Å². The summed E-state index contributed by atoms with van der Waals surface area (Å²) < 4.78 is 39.3. The predicted molar refractivity (Wildman–Crippen MR) is 106 cm³/mol. The van der Waals surface area contributed by atoms with Gasteiger partial charge in [0, 0.05) is 24.0 Å². The molecule has 0 saturated carbocycles. The van der Waals surface area contributed by atoms with Crippen molar-refractivity contribution in [3.8, 4) is 5.95 Å². The van der Waals surface area contributed by atoms with E-state index in [1.54, 1.807) is 13.0 Å². The summed E-state index contributed by atoms with van der Waals surface area (Å²) in [5.41, 5.74) is 2.22. The summed E-state index contributed by atoms with van der Waals surface area (Å²) in [6.07, 6.45) is -3.97. The number of aromatic nitrogens is 4. The second-order valence-corrected chi connectivity index (χ2v) is 6.86. The zero-order valence-electron chi connectivity index (χ0n) is 16.7. The molecule has 1 aromatic carbocycles. The SMILES string of the molecule is Cc1cc(C)nc(-n2nc(C)cc2NC(=O)NCCc2ccc(C(F)(F)F)cc2)n1. The van der Waals surface area contributed by atoms with Crippen LogP contribution in [0.5, 0.6) is 0 Å². The highest BCUT2D eigenvalue weighted by atomic mass is 19.4. The number of nitrogens with one attached hydrogen (secondary N) is 2. The minimum Gasteiger partial charge on any atom is -0.337 e. The zero-order valence-corrected chi connectivity index (χ0v) is 16.7. The van der Waals surface area contributed by atoms with Gasteiger partial charge in [-0.25, -0.2) is 14.8 Å². The van der Waals surface area contributed by atoms with Crippen LogP contribution in [-0.4, -0.2) is 32.3 Å². The number of hydrogen-bond acceptors (Lipinski definition) is 4. The van der Waals surface area contributed by atoms with Gasteiger partial charge < -0.3 is 5.32 Å². The standard InChI is InChI=1S/C20H21F3N6O/c1-12-10-13(2)26-18(25-12)29-17(11-14(3)28-29)27-19(30)24-9-8-15-4-6-16(7-5-15)20(21,22)23/h4-7,10-11H,8-9H2,1-3H3,(H2,24,27,30). The molecule has 10 heteroatoms. The first-order valence-electron chi connectivity index (χ1n) is 9.22. The molecule has 0 atom stereocenters. The molecule has 0 aliphatic carbocycles. The molecule has 0 aliphatic rings. The highest BCUT2D eigenvalue weighted by Crippen LogP contribution is 2.29. The molecular weight excluding hydrogens is 397 g/mol. The van der Waals surface area contributed by atoms with Crippen LogP contribution in [0, 0.1) is 20.8 Å². The van der Waals surface area contributed by atoms with Gasteiger partial charge in [0.25, 0.3) is 5.95 Å². The molecule has 0 fully saturated rings. The van der Waals surface area contributed by atoms with E-state index >= 15 is 0 Å². The van der Waals surface area contributed by atoms with Gasteiger partial charge in [-0.3, -0.25) is 5.32 Å². The van der Waals surface area contributed by atoms with Crippen LogP contribution in [0.1, 0.15) is 28.2 Å². The summed E-state index contributed by atoms with van der Waals surface area (Å²) in [5, 5.41) is 9.72. The van der Waals surface area contributed by atoms with Gasteiger partial charge in [0.2, 0.25) is 0 Å². The molecule has 2 N–H and O–H groups in total. The lowest BCUT2D eigenvalue weighted by Crippen LogP contribution is -2.31. The third kappa shape index (κ3) is 5.34. The Morgan fingerprint density at radius 1 is 1.00 bits per heavy atom. The molecule has 0 unspecified atom stereocenters. The van der Waals surface area contributed by atoms with Crippen molar-refractivity contribution >= 4 is 11.8 Å². The first-order valence-corrected chi connectivity index (χ1v) is 9.22. The number of nitrogens with zero attached hydrogens (tertiary/aromatic N) is 4. The lowest BCUT2D eigenvalue weighted by atomic mass is 10.1. The van der Waals surface area contributed by atoms with Crippen molar-refractivity contribution in [3.05, 3.63) is 64.6 Å². The Balaban J connectivity index is 1.60. The normalized spacial score (nSPS) is 11.4. The summed E-state index contributed by atoms with van der Waals surface area (Å²) in [6.45, 7) is 5.72. The summed E-state index contributed by atoms with van der Waals surface area (Å²) in [4.78, 5) is 21.0. The molecule has 0 radical (unpaired) electrons. The summed E-state index contributed by atoms with van der Waals surface area (Å²) in [6, 6.07) is 7.92. The Kier molecular flexibility index (Phi) is 6.04. The largest absolute Gasteiger partial charge is 0.416 e. The van der Waals surface area contributed by atoms with Crippen LogP contribution >= 0.6 is 0 Å². The van der Waals surface area contributed by atoms with Gasteiger partial charge in [-0.1, -0.05) is 12.1 Å². The molecule has 3 rings (SSSR count). The molecule has 2 heterocycles. The molecule has 7 nitrogen and oxygen atoms in total. The van der Waals surface area contributed by atoms with Crippen molar-refractivity contribution in [3.63, 3.8) is 0 Å². The Morgan fingerprint density at radius 2 is 1.63 bits per heavy atom. The summed E-state index contributed by atoms with van der Waals surface area (Å²) in [7, 11) is 0. The molecule has 2 aromatic heterocycles. The Hall–Kier alpha value is -3.43. The molecule has 0 aliphatic heterocycles. The van der Waals surface area contributed by atoms with Crippen LogP contribution < -0.4 is 10.6 Å². The van der Waals surface area contributed by atoms with Gasteiger partial charge in [-0.2, -0.15) is 23.0 Å². The maximum Gasteiger partial charge on any atom is 0.416 e. The van der Waals surface area contributed by atoms with Crippen LogP contribution in [0.25, 0.3) is 5.95 Å². The van der Waals surface area contributed by atoms with Gasteiger partial charge in [0.1, 0.15) is 5.82 Å². The number of rotatable bonds is 5. The maximum atomic E-state index is 12.6. The molecule has 3 aromatic rings. The summed E-state index contributed by atoms with van der Waals surface area (Å²) in [5.74, 6) is 0.755. The number of benzene rings is 1. The molecule has 0 spiro atoms. The van der Waals surface area contributed by atoms with E-state index < -0.39 is 17.8 Å². The lowest BCUT2D eigenvalue weighted by molar-refractivity contribution is -0.137. The first-order chi connectivity index (χ1) is 14.1. The highest BCUT2D eigenvalue weighted by Gasteiger charge is 2.29. The number of carbonyl (C=O) groups excluding carboxylic acids is 1. The average molecular weight is 418 g/mol. The van der Waals surface area contributed by atoms with Crippen molar-refractivity contribution in [2.24, 2.45) is 0 Å². The number of amides is 2. The zero-order chi connectivity index (χ0) is 21.9. The van der Waals surface area contributed by atoms with Gasteiger partial charge in [0.15, 0.2) is 0 Å². The van der Waals surface area contributed by atoms with Crippen LogP contribution in [-0.2, 0) is 12.6 Å². The second kappa shape index (κ2) is 8.52. The van der Waals surface area contributed by atoms with Crippen molar-refractivity contribution in [2.45, 2.75) is 33.4 Å².